The summed E-state index contributed by atoms with van der Waals surface area (Å²) in [5, 5.41) is 22.7. The Kier molecular flexibility index (Phi) is 5.47. The number of nitrogens with one attached hydrogen (secondary N) is 2. The molecule has 0 spiro atoms. The summed E-state index contributed by atoms with van der Waals surface area (Å²) in [6.07, 6.45) is 3.26. The molecule has 0 unspecified atom stereocenters. The average Bonchev–Trinajstić information content (AvgIpc) is 3.38. The molecule has 34 heavy (non-hydrogen) atoms. The Morgan fingerprint density at radius 1 is 1.09 bits per heavy atom. The minimum Gasteiger partial charge on any atom is -0.507 e. The van der Waals surface area contributed by atoms with Crippen molar-refractivity contribution >= 4 is 22.5 Å². The van der Waals surface area contributed by atoms with Crippen LogP contribution >= 0.6 is 11.6 Å². The lowest BCUT2D eigenvalue weighted by atomic mass is 9.96. The highest BCUT2D eigenvalue weighted by atomic mass is 35.5. The second-order valence-corrected chi connectivity index (χ2v) is 8.45. The van der Waals surface area contributed by atoms with Gasteiger partial charge in [0.1, 0.15) is 11.6 Å². The smallest absolute Gasteiger partial charge is 0.332 e. The molecule has 0 bridgehead atoms. The molecule has 0 radical (unpaired) electrons. The molecule has 2 heterocycles. The van der Waals surface area contributed by atoms with Crippen molar-refractivity contribution in [2.24, 2.45) is 7.05 Å². The van der Waals surface area contributed by atoms with E-state index in [1.54, 1.807) is 43.7 Å². The van der Waals surface area contributed by atoms with E-state index in [1.807, 2.05) is 19.2 Å². The lowest BCUT2D eigenvalue weighted by molar-refractivity contribution is 0.477. The molecule has 3 aromatic carbocycles. The van der Waals surface area contributed by atoms with Gasteiger partial charge in [0.2, 0.25) is 0 Å². The normalized spacial score (nSPS) is 11.4. The number of phenolic OH excluding ortho intramolecular Hbond substituents is 1. The van der Waals surface area contributed by atoms with Crippen LogP contribution in [0.1, 0.15) is 5.69 Å². The number of nitrogens with zero attached hydrogens (tertiary/aromatic N) is 3. The number of aromatic amines is 1. The highest BCUT2D eigenvalue weighted by Gasteiger charge is 2.17. The van der Waals surface area contributed by atoms with E-state index in [9.17, 15) is 14.3 Å². The highest BCUT2D eigenvalue weighted by Crippen LogP contribution is 2.41. The second-order valence-electron chi connectivity index (χ2n) is 8.04. The number of H-pyrrole nitrogens is 1. The topological polar surface area (TPSA) is 87.9 Å². The number of fused-ring (bicyclic) bond motifs is 1. The molecule has 0 aliphatic carbocycles. The number of benzene rings is 3. The van der Waals surface area contributed by atoms with Crippen LogP contribution < -0.4 is 11.0 Å². The molecule has 3 N–H and O–H groups in total. The van der Waals surface area contributed by atoms with Crippen LogP contribution in [0.3, 0.4) is 0 Å². The van der Waals surface area contributed by atoms with Crippen molar-refractivity contribution in [2.75, 3.05) is 7.05 Å². The number of aryl methyl sites for hydroxylation is 1. The number of aromatic nitrogens is 4. The molecule has 0 amide bonds. The average molecular weight is 478 g/mol. The van der Waals surface area contributed by atoms with Crippen molar-refractivity contribution in [3.8, 4) is 33.7 Å². The van der Waals surface area contributed by atoms with Crippen molar-refractivity contribution in [1.29, 1.82) is 0 Å². The van der Waals surface area contributed by atoms with Gasteiger partial charge in [0.05, 0.1) is 21.9 Å². The van der Waals surface area contributed by atoms with Gasteiger partial charge >= 0.3 is 5.69 Å². The summed E-state index contributed by atoms with van der Waals surface area (Å²) in [6, 6.07) is 13.1. The molecule has 0 aliphatic rings. The molecule has 0 saturated carbocycles. The first kappa shape index (κ1) is 21.9. The quantitative estimate of drug-likeness (QED) is 0.345. The fraction of sp³-hybridized carbons (Fsp3) is 0.120. The second kappa shape index (κ2) is 8.48. The fourth-order valence-corrected chi connectivity index (χ4v) is 4.37. The SMILES string of the molecule is CNCc1n[nH]c2ccc(-c3cc(F)cc(-c4ccc(-n5ccn(C)c5=O)c(Cl)c4)c3O)cc12. The standard InChI is InChI=1S/C25H21ClFN5O2/c1-28-13-22-19-9-14(3-5-21(19)29-30-22)17-11-16(27)12-18(24(17)33)15-4-6-23(20(26)10-15)32-8-7-31(2)25(32)34/h3-12,28,33H,13H2,1-2H3,(H,29,30). The predicted octanol–water partition coefficient (Wildman–Crippen LogP) is 4.60. The maximum absolute atomic E-state index is 14.7. The van der Waals surface area contributed by atoms with Gasteiger partial charge in [-0.3, -0.25) is 9.67 Å². The Morgan fingerprint density at radius 3 is 2.44 bits per heavy atom. The van der Waals surface area contributed by atoms with Gasteiger partial charge in [0, 0.05) is 42.5 Å². The number of phenols is 1. The summed E-state index contributed by atoms with van der Waals surface area (Å²) in [4.78, 5) is 12.3. The van der Waals surface area contributed by atoms with Crippen molar-refractivity contribution < 1.29 is 9.50 Å². The summed E-state index contributed by atoms with van der Waals surface area (Å²) < 4.78 is 17.6. The van der Waals surface area contributed by atoms with E-state index < -0.39 is 5.82 Å². The molecule has 0 saturated heterocycles. The Hall–Kier alpha value is -3.88. The molecule has 7 nitrogen and oxygen atoms in total. The van der Waals surface area contributed by atoms with E-state index >= 15 is 0 Å². The van der Waals surface area contributed by atoms with Crippen LogP contribution in [0.2, 0.25) is 5.02 Å². The third-order valence-electron chi connectivity index (χ3n) is 5.84. The molecule has 0 atom stereocenters. The molecular weight excluding hydrogens is 457 g/mol. The molecule has 2 aromatic heterocycles. The lowest BCUT2D eigenvalue weighted by Crippen LogP contribution is -2.20. The minimum absolute atomic E-state index is 0.0693. The van der Waals surface area contributed by atoms with E-state index in [0.29, 0.717) is 39.5 Å². The Balaban J connectivity index is 1.61. The highest BCUT2D eigenvalue weighted by molar-refractivity contribution is 6.32. The van der Waals surface area contributed by atoms with Crippen LogP contribution in [0.15, 0.2) is 65.7 Å². The van der Waals surface area contributed by atoms with Crippen LogP contribution in [0.4, 0.5) is 4.39 Å². The zero-order chi connectivity index (χ0) is 24.0. The van der Waals surface area contributed by atoms with Gasteiger partial charge in [0.15, 0.2) is 0 Å². The largest absolute Gasteiger partial charge is 0.507 e. The number of rotatable bonds is 5. The van der Waals surface area contributed by atoms with E-state index in [4.69, 9.17) is 11.6 Å². The first-order valence-corrected chi connectivity index (χ1v) is 10.9. The molecule has 9 heteroatoms. The zero-order valence-electron chi connectivity index (χ0n) is 18.4. The van der Waals surface area contributed by atoms with Gasteiger partial charge in [-0.2, -0.15) is 5.10 Å². The first-order chi connectivity index (χ1) is 16.4. The number of imidazole rings is 1. The van der Waals surface area contributed by atoms with Gasteiger partial charge in [-0.15, -0.1) is 0 Å². The lowest BCUT2D eigenvalue weighted by Gasteiger charge is -2.13. The third kappa shape index (κ3) is 3.67. The van der Waals surface area contributed by atoms with Crippen molar-refractivity contribution in [3.63, 3.8) is 0 Å². The van der Waals surface area contributed by atoms with Crippen molar-refractivity contribution in [2.45, 2.75) is 6.54 Å². The zero-order valence-corrected chi connectivity index (χ0v) is 19.2. The van der Waals surface area contributed by atoms with Crippen LogP contribution in [0.25, 0.3) is 38.8 Å². The third-order valence-corrected chi connectivity index (χ3v) is 6.14. The van der Waals surface area contributed by atoms with Gasteiger partial charge < -0.3 is 15.0 Å². The number of hydrogen-bond acceptors (Lipinski definition) is 4. The summed E-state index contributed by atoms with van der Waals surface area (Å²) in [5.41, 5.74) is 3.77. The molecule has 5 aromatic rings. The Morgan fingerprint density at radius 2 is 1.79 bits per heavy atom. The van der Waals surface area contributed by atoms with Crippen molar-refractivity contribution in [1.82, 2.24) is 24.6 Å². The fourth-order valence-electron chi connectivity index (χ4n) is 4.09. The van der Waals surface area contributed by atoms with Crippen LogP contribution in [0.5, 0.6) is 5.75 Å². The summed E-state index contributed by atoms with van der Waals surface area (Å²) in [5.74, 6) is -0.565. The molecular formula is C25H21ClFN5O2. The van der Waals surface area contributed by atoms with E-state index in [2.05, 4.69) is 15.5 Å². The summed E-state index contributed by atoms with van der Waals surface area (Å²) in [7, 11) is 3.48. The van der Waals surface area contributed by atoms with Gasteiger partial charge in [0.25, 0.3) is 0 Å². The van der Waals surface area contributed by atoms with E-state index in [-0.39, 0.29) is 11.4 Å². The number of hydrogen-bond donors (Lipinski definition) is 3. The van der Waals surface area contributed by atoms with Crippen LogP contribution in [0, 0.1) is 5.82 Å². The van der Waals surface area contributed by atoms with Gasteiger partial charge in [-0.05, 0) is 54.6 Å². The van der Waals surface area contributed by atoms with Gasteiger partial charge in [-0.1, -0.05) is 23.7 Å². The maximum Gasteiger partial charge on any atom is 0.332 e. The maximum atomic E-state index is 14.7. The molecule has 172 valence electrons. The minimum atomic E-state index is -0.495. The van der Waals surface area contributed by atoms with Crippen molar-refractivity contribution in [3.05, 3.63) is 87.9 Å². The van der Waals surface area contributed by atoms with Crippen LogP contribution in [-0.2, 0) is 13.6 Å². The monoisotopic (exact) mass is 477 g/mol. The molecule has 0 fully saturated rings. The van der Waals surface area contributed by atoms with Gasteiger partial charge in [-0.25, -0.2) is 9.18 Å². The van der Waals surface area contributed by atoms with E-state index in [1.165, 1.54) is 21.3 Å². The Labute approximate surface area is 199 Å². The number of aromatic hydroxyl groups is 1. The first-order valence-electron chi connectivity index (χ1n) is 10.6. The molecule has 0 aliphatic heterocycles. The Bertz CT molecular complexity index is 1600. The van der Waals surface area contributed by atoms with E-state index in [0.717, 1.165) is 16.6 Å². The predicted molar refractivity (Wildman–Crippen MR) is 131 cm³/mol. The molecule has 5 rings (SSSR count). The van der Waals surface area contributed by atoms with Crippen LogP contribution in [-0.4, -0.2) is 31.5 Å². The summed E-state index contributed by atoms with van der Waals surface area (Å²) >= 11 is 6.48. The number of halogens is 2. The summed E-state index contributed by atoms with van der Waals surface area (Å²) in [6.45, 7) is 0.569.